The minimum absolute atomic E-state index is 0.389. The van der Waals surface area contributed by atoms with E-state index in [9.17, 15) is 0 Å². The van der Waals surface area contributed by atoms with E-state index >= 15 is 0 Å². The van der Waals surface area contributed by atoms with Crippen LogP contribution in [0.5, 0.6) is 0 Å². The van der Waals surface area contributed by atoms with Crippen LogP contribution in [0.1, 0.15) is 26.1 Å². The Balaban J connectivity index is 2.22. The minimum atomic E-state index is 0.389. The molecule has 0 amide bonds. The average molecular weight is 335 g/mol. The van der Waals surface area contributed by atoms with Gasteiger partial charge in [-0.1, -0.05) is 19.1 Å². The van der Waals surface area contributed by atoms with Gasteiger partial charge in [-0.25, -0.2) is 9.97 Å². The second-order valence-corrected chi connectivity index (χ2v) is 5.60. The van der Waals surface area contributed by atoms with Gasteiger partial charge in [0.15, 0.2) is 0 Å². The SMILES string of the molecule is CCC(C)Nc1cc(Nc2ccccc2Br)nc(C)n1. The summed E-state index contributed by atoms with van der Waals surface area (Å²) in [6.07, 6.45) is 1.05. The summed E-state index contributed by atoms with van der Waals surface area (Å²) >= 11 is 3.52. The van der Waals surface area contributed by atoms with Crippen LogP contribution in [-0.2, 0) is 0 Å². The van der Waals surface area contributed by atoms with E-state index in [0.29, 0.717) is 6.04 Å². The van der Waals surface area contributed by atoms with E-state index in [1.807, 2.05) is 37.3 Å². The number of anilines is 3. The van der Waals surface area contributed by atoms with Crippen molar-refractivity contribution in [2.24, 2.45) is 0 Å². The van der Waals surface area contributed by atoms with E-state index in [1.165, 1.54) is 0 Å². The van der Waals surface area contributed by atoms with Crippen LogP contribution in [0.15, 0.2) is 34.8 Å². The van der Waals surface area contributed by atoms with Gasteiger partial charge in [-0.2, -0.15) is 0 Å². The molecule has 20 heavy (non-hydrogen) atoms. The number of rotatable bonds is 5. The topological polar surface area (TPSA) is 49.8 Å². The lowest BCUT2D eigenvalue weighted by Gasteiger charge is -2.14. The van der Waals surface area contributed by atoms with Crippen molar-refractivity contribution in [3.8, 4) is 0 Å². The van der Waals surface area contributed by atoms with Crippen molar-refractivity contribution in [2.45, 2.75) is 33.2 Å². The molecule has 1 heterocycles. The number of hydrogen-bond acceptors (Lipinski definition) is 4. The van der Waals surface area contributed by atoms with Crippen LogP contribution in [0.25, 0.3) is 0 Å². The largest absolute Gasteiger partial charge is 0.367 e. The van der Waals surface area contributed by atoms with Crippen molar-refractivity contribution in [1.82, 2.24) is 9.97 Å². The first-order chi connectivity index (χ1) is 9.58. The summed E-state index contributed by atoms with van der Waals surface area (Å²) in [7, 11) is 0. The third kappa shape index (κ3) is 3.93. The Hall–Kier alpha value is -1.62. The van der Waals surface area contributed by atoms with Crippen LogP contribution in [0.4, 0.5) is 17.3 Å². The molecule has 1 unspecified atom stereocenters. The number of nitrogens with zero attached hydrogens (tertiary/aromatic N) is 2. The van der Waals surface area contributed by atoms with Crippen LogP contribution < -0.4 is 10.6 Å². The van der Waals surface area contributed by atoms with E-state index in [0.717, 1.165) is 34.0 Å². The van der Waals surface area contributed by atoms with Gasteiger partial charge >= 0.3 is 0 Å². The van der Waals surface area contributed by atoms with Gasteiger partial charge in [0, 0.05) is 16.6 Å². The highest BCUT2D eigenvalue weighted by molar-refractivity contribution is 9.10. The number of aryl methyl sites for hydroxylation is 1. The predicted octanol–water partition coefficient (Wildman–Crippen LogP) is 4.50. The Bertz CT molecular complexity index is 586. The molecule has 0 fully saturated rings. The molecule has 0 bridgehead atoms. The maximum Gasteiger partial charge on any atom is 0.136 e. The zero-order valence-electron chi connectivity index (χ0n) is 11.9. The number of halogens is 1. The van der Waals surface area contributed by atoms with E-state index in [1.54, 1.807) is 0 Å². The number of benzene rings is 1. The first kappa shape index (κ1) is 14.8. The first-order valence-corrected chi connectivity index (χ1v) is 7.51. The van der Waals surface area contributed by atoms with Crippen LogP contribution in [0.2, 0.25) is 0 Å². The van der Waals surface area contributed by atoms with Gasteiger partial charge in [-0.3, -0.25) is 0 Å². The lowest BCUT2D eigenvalue weighted by molar-refractivity contribution is 0.757. The number of para-hydroxylation sites is 1. The average Bonchev–Trinajstić information content (AvgIpc) is 2.40. The summed E-state index contributed by atoms with van der Waals surface area (Å²) in [5.41, 5.74) is 0.986. The smallest absolute Gasteiger partial charge is 0.136 e. The van der Waals surface area contributed by atoms with E-state index in [4.69, 9.17) is 0 Å². The van der Waals surface area contributed by atoms with Crippen LogP contribution in [-0.4, -0.2) is 16.0 Å². The van der Waals surface area contributed by atoms with Crippen molar-refractivity contribution >= 4 is 33.3 Å². The Morgan fingerprint density at radius 2 is 1.90 bits per heavy atom. The van der Waals surface area contributed by atoms with Gasteiger partial charge in [0.1, 0.15) is 17.5 Å². The predicted molar refractivity (Wildman–Crippen MR) is 87.6 cm³/mol. The lowest BCUT2D eigenvalue weighted by atomic mass is 10.2. The lowest BCUT2D eigenvalue weighted by Crippen LogP contribution is -2.15. The maximum atomic E-state index is 4.42. The molecular formula is C15H19BrN4. The Morgan fingerprint density at radius 1 is 1.20 bits per heavy atom. The highest BCUT2D eigenvalue weighted by Gasteiger charge is 2.06. The van der Waals surface area contributed by atoms with Crippen molar-refractivity contribution in [1.29, 1.82) is 0 Å². The molecule has 1 aromatic heterocycles. The van der Waals surface area contributed by atoms with E-state index in [-0.39, 0.29) is 0 Å². The van der Waals surface area contributed by atoms with E-state index in [2.05, 4.69) is 50.4 Å². The molecule has 2 aromatic rings. The van der Waals surface area contributed by atoms with Gasteiger partial charge < -0.3 is 10.6 Å². The Labute approximate surface area is 128 Å². The molecule has 0 aliphatic rings. The fraction of sp³-hybridized carbons (Fsp3) is 0.333. The van der Waals surface area contributed by atoms with Crippen molar-refractivity contribution < 1.29 is 0 Å². The molecule has 4 nitrogen and oxygen atoms in total. The molecule has 2 N–H and O–H groups in total. The summed E-state index contributed by atoms with van der Waals surface area (Å²) in [5.74, 6) is 2.38. The van der Waals surface area contributed by atoms with Gasteiger partial charge in [0.25, 0.3) is 0 Å². The van der Waals surface area contributed by atoms with Crippen molar-refractivity contribution in [2.75, 3.05) is 10.6 Å². The number of nitrogens with one attached hydrogen (secondary N) is 2. The zero-order chi connectivity index (χ0) is 14.5. The molecule has 2 rings (SSSR count). The molecule has 0 saturated heterocycles. The van der Waals surface area contributed by atoms with Crippen LogP contribution >= 0.6 is 15.9 Å². The molecular weight excluding hydrogens is 316 g/mol. The molecule has 1 atom stereocenters. The summed E-state index contributed by atoms with van der Waals surface area (Å²) in [5, 5.41) is 6.68. The molecule has 5 heteroatoms. The normalized spacial score (nSPS) is 12.0. The summed E-state index contributed by atoms with van der Waals surface area (Å²) in [6.45, 7) is 6.18. The monoisotopic (exact) mass is 334 g/mol. The van der Waals surface area contributed by atoms with Gasteiger partial charge in [0.05, 0.1) is 5.69 Å². The Morgan fingerprint density at radius 3 is 2.60 bits per heavy atom. The fourth-order valence-corrected chi connectivity index (χ4v) is 2.14. The molecule has 1 aromatic carbocycles. The standard InChI is InChI=1S/C15H19BrN4/c1-4-10(2)17-14-9-15(19-11(3)18-14)20-13-8-6-5-7-12(13)16/h5-10H,4H2,1-3H3,(H2,17,18,19,20). The summed E-state index contributed by atoms with van der Waals surface area (Å²) in [6, 6.07) is 10.3. The zero-order valence-corrected chi connectivity index (χ0v) is 13.5. The van der Waals surface area contributed by atoms with Gasteiger partial charge in [-0.05, 0) is 48.3 Å². The molecule has 0 saturated carbocycles. The fourth-order valence-electron chi connectivity index (χ4n) is 1.76. The van der Waals surface area contributed by atoms with Gasteiger partial charge in [-0.15, -0.1) is 0 Å². The van der Waals surface area contributed by atoms with Crippen LogP contribution in [0, 0.1) is 6.92 Å². The summed E-state index contributed by atoms with van der Waals surface area (Å²) < 4.78 is 1.01. The van der Waals surface area contributed by atoms with E-state index < -0.39 is 0 Å². The maximum absolute atomic E-state index is 4.42. The quantitative estimate of drug-likeness (QED) is 0.845. The number of aromatic nitrogens is 2. The molecule has 0 aliphatic heterocycles. The van der Waals surface area contributed by atoms with Crippen molar-refractivity contribution in [3.05, 3.63) is 40.6 Å². The molecule has 0 aliphatic carbocycles. The third-order valence-electron chi connectivity index (χ3n) is 2.98. The van der Waals surface area contributed by atoms with Crippen LogP contribution in [0.3, 0.4) is 0 Å². The number of hydrogen-bond donors (Lipinski definition) is 2. The van der Waals surface area contributed by atoms with Gasteiger partial charge in [0.2, 0.25) is 0 Å². The molecule has 0 radical (unpaired) electrons. The molecule has 0 spiro atoms. The first-order valence-electron chi connectivity index (χ1n) is 6.72. The highest BCUT2D eigenvalue weighted by Crippen LogP contribution is 2.25. The summed E-state index contributed by atoms with van der Waals surface area (Å²) in [4.78, 5) is 8.83. The van der Waals surface area contributed by atoms with Crippen molar-refractivity contribution in [3.63, 3.8) is 0 Å². The second kappa shape index (κ2) is 6.70. The minimum Gasteiger partial charge on any atom is -0.367 e. The molecule has 106 valence electrons. The Kier molecular flexibility index (Phi) is 4.95. The second-order valence-electron chi connectivity index (χ2n) is 4.74. The highest BCUT2D eigenvalue weighted by atomic mass is 79.9. The third-order valence-corrected chi connectivity index (χ3v) is 3.67.